The summed E-state index contributed by atoms with van der Waals surface area (Å²) in [6.45, 7) is 29.5. The van der Waals surface area contributed by atoms with Crippen LogP contribution in [-0.4, -0.2) is 9.13 Å². The van der Waals surface area contributed by atoms with Crippen molar-refractivity contribution in [3.63, 3.8) is 0 Å². The van der Waals surface area contributed by atoms with Gasteiger partial charge in [0.1, 0.15) is 0 Å². The minimum atomic E-state index is 1.10. The highest BCUT2D eigenvalue weighted by molar-refractivity contribution is 6.11. The van der Waals surface area contributed by atoms with Crippen LogP contribution in [-0.2, 0) is 0 Å². The predicted octanol–water partition coefficient (Wildman–Crippen LogP) is 36.8. The topological polar surface area (TPSA) is 22.8 Å². The van der Waals surface area contributed by atoms with Crippen molar-refractivity contribution >= 4 is 152 Å². The van der Waals surface area contributed by atoms with Crippen molar-refractivity contribution in [3.05, 3.63) is 524 Å². The molecule has 0 unspecified atom stereocenters. The molecular formula is C130H106N6. The van der Waals surface area contributed by atoms with E-state index in [0.29, 0.717) is 0 Å². The first-order valence-electron chi connectivity index (χ1n) is 46.8. The predicted molar refractivity (Wildman–Crippen MR) is 586 cm³/mol. The molecule has 20 aromatic carbocycles. The number of fused-ring (bicyclic) bond motifs is 8. The molecule has 0 aliphatic heterocycles. The Labute approximate surface area is 798 Å². The van der Waals surface area contributed by atoms with Gasteiger partial charge in [-0.2, -0.15) is 0 Å². The Bertz CT molecular complexity index is 8080. The maximum atomic E-state index is 4.01. The minimum absolute atomic E-state index is 1.10. The highest BCUT2D eigenvalue weighted by Gasteiger charge is 2.25. The van der Waals surface area contributed by atoms with E-state index < -0.39 is 0 Å². The highest BCUT2D eigenvalue weighted by Crippen LogP contribution is 2.48. The van der Waals surface area contributed by atoms with E-state index in [1.807, 2.05) is 18.2 Å². The molecule has 0 spiro atoms. The Morgan fingerprint density at radius 3 is 0.897 bits per heavy atom. The summed E-state index contributed by atoms with van der Waals surface area (Å²) in [5.74, 6) is 0. The third-order valence-electron chi connectivity index (χ3n) is 26.4. The van der Waals surface area contributed by atoms with E-state index in [1.165, 1.54) is 171 Å². The van der Waals surface area contributed by atoms with Crippen molar-refractivity contribution < 1.29 is 0 Å². The first kappa shape index (κ1) is 87.0. The van der Waals surface area contributed by atoms with Crippen LogP contribution >= 0.6 is 0 Å². The van der Waals surface area contributed by atoms with Gasteiger partial charge in [-0.1, -0.05) is 293 Å². The first-order chi connectivity index (χ1) is 66.6. The zero-order chi connectivity index (χ0) is 93.0. The first-order valence-corrected chi connectivity index (χ1v) is 46.8. The lowest BCUT2D eigenvalue weighted by molar-refractivity contribution is 1.18. The minimum Gasteiger partial charge on any atom is -0.310 e. The quantitative estimate of drug-likeness (QED) is 0.0758. The summed E-state index contributed by atoms with van der Waals surface area (Å²) in [5.41, 5.74) is 41.5. The fraction of sp³-hybridized carbons (Fsp3) is 0.0615. The molecule has 0 N–H and O–H groups in total. The van der Waals surface area contributed by atoms with Crippen LogP contribution in [0.1, 0.15) is 61.2 Å². The SMILES string of the molecule is C=Cc1ccc(N(c2ccc(-c3ccc(N(c4ccccc4)c4cccc5ccccc45)cc3)cc2)c2cccc3ccccc23)cc1.C=Cc1ccc(N(c2cccc(C)c2)c2c(C)cc(-c3cc(C)c(N(c4cccc(C)c4)c4cccc(C)c4)c(C)c3)cc2C)cc1C.C=Cc1ccc2c(c1)c1ccccc1n2-c1ccc(-c2ccc(-n3c4ccccc4c4ccccc43)cc2)cc1. The Kier molecular flexibility index (Phi) is 24.3. The van der Waals surface area contributed by atoms with Gasteiger partial charge < -0.3 is 28.7 Å². The van der Waals surface area contributed by atoms with Crippen molar-refractivity contribution in [2.45, 2.75) is 55.4 Å². The number of anilines is 12. The molecule has 0 bridgehead atoms. The summed E-state index contributed by atoms with van der Waals surface area (Å²) >= 11 is 0. The van der Waals surface area contributed by atoms with Crippen molar-refractivity contribution in [1.29, 1.82) is 0 Å². The second-order valence-corrected chi connectivity index (χ2v) is 35.5. The van der Waals surface area contributed by atoms with Gasteiger partial charge in [0.25, 0.3) is 0 Å². The molecule has 0 aliphatic rings. The lowest BCUT2D eigenvalue weighted by atomic mass is 9.93. The maximum absolute atomic E-state index is 4.01. The van der Waals surface area contributed by atoms with Crippen LogP contribution < -0.4 is 19.6 Å². The normalized spacial score (nSPS) is 11.2. The number of hydrogen-bond donors (Lipinski definition) is 0. The molecule has 0 radical (unpaired) electrons. The Morgan fingerprint density at radius 1 is 0.199 bits per heavy atom. The van der Waals surface area contributed by atoms with Gasteiger partial charge >= 0.3 is 0 Å². The van der Waals surface area contributed by atoms with E-state index in [4.69, 9.17) is 0 Å². The van der Waals surface area contributed by atoms with Gasteiger partial charge in [-0.25, -0.2) is 0 Å². The molecule has 6 nitrogen and oxygen atoms in total. The van der Waals surface area contributed by atoms with Crippen LogP contribution in [0.3, 0.4) is 0 Å². The summed E-state index contributed by atoms with van der Waals surface area (Å²) in [4.78, 5) is 9.49. The van der Waals surface area contributed by atoms with Crippen molar-refractivity contribution in [2.24, 2.45) is 0 Å². The molecule has 0 saturated heterocycles. The lowest BCUT2D eigenvalue weighted by Gasteiger charge is -2.31. The fourth-order valence-corrected chi connectivity index (χ4v) is 19.9. The Morgan fingerprint density at radius 2 is 0.507 bits per heavy atom. The summed E-state index contributed by atoms with van der Waals surface area (Å²) in [6.07, 6.45) is 5.72. The number of rotatable bonds is 20. The monoisotopic (exact) mass is 1750 g/mol. The average molecular weight is 1750 g/mol. The van der Waals surface area contributed by atoms with Gasteiger partial charge in [-0.15, -0.1) is 0 Å². The van der Waals surface area contributed by atoms with Crippen LogP contribution in [0.2, 0.25) is 0 Å². The average Bonchev–Trinajstić information content (AvgIpc) is 1.58. The highest BCUT2D eigenvalue weighted by atomic mass is 15.2. The smallest absolute Gasteiger partial charge is 0.0541 e. The standard InChI is InChI=1S/C46H34N2.C46H46N2.C38H26N2/c1-2-34-22-28-40(29-23-34)48(46-21-11-15-38-13-7-9-19-44(38)46)42-32-26-36(27-33-42)35-24-30-41(31-25-35)47(39-16-4-3-5-17-39)45-20-10-14-37-12-6-8-18-43(37)45;1-10-38-20-21-44(29-33(38)5)48(43-19-13-16-32(4)24-43)46-36(8)27-40(28-37(46)9)39-25-34(6)45(35(7)26-39)47(41-17-11-14-30(2)22-41)42-18-12-15-31(3)23-42;1-2-26-15-24-38-34(25-26)33-11-5-8-14-37(33)40(38)30-22-18-28(19-23-30)27-16-20-29(21-17-27)39-35-12-6-3-9-31(35)32-10-4-7-13-36(32)39/h2-33H,1H2;10-29H,1H2,2-9H3;2-25H,1H2. The summed E-state index contributed by atoms with van der Waals surface area (Å²) < 4.78 is 4.71. The molecule has 0 aliphatic carbocycles. The third-order valence-corrected chi connectivity index (χ3v) is 26.4. The molecule has 136 heavy (non-hydrogen) atoms. The second-order valence-electron chi connectivity index (χ2n) is 35.5. The largest absolute Gasteiger partial charge is 0.310 e. The van der Waals surface area contributed by atoms with Gasteiger partial charge in [0.2, 0.25) is 0 Å². The van der Waals surface area contributed by atoms with E-state index in [9.17, 15) is 0 Å². The summed E-state index contributed by atoms with van der Waals surface area (Å²) in [5, 5.41) is 9.94. The van der Waals surface area contributed by atoms with Crippen LogP contribution in [0.4, 0.5) is 68.2 Å². The van der Waals surface area contributed by atoms with Crippen LogP contribution in [0.25, 0.3) is 128 Å². The number of aromatic nitrogens is 2. The van der Waals surface area contributed by atoms with Gasteiger partial charge in [0, 0.05) is 89.2 Å². The Balaban J connectivity index is 0.000000127. The number of nitrogens with zero attached hydrogens (tertiary/aromatic N) is 6. The zero-order valence-electron chi connectivity index (χ0n) is 78.2. The molecule has 0 fully saturated rings. The van der Waals surface area contributed by atoms with E-state index in [2.05, 4.69) is 547 Å². The summed E-state index contributed by atoms with van der Waals surface area (Å²) in [6, 6.07) is 160. The van der Waals surface area contributed by atoms with Crippen LogP contribution in [0.5, 0.6) is 0 Å². The van der Waals surface area contributed by atoms with E-state index in [0.717, 1.165) is 67.9 Å². The number of para-hydroxylation sites is 4. The molecule has 22 aromatic rings. The molecule has 22 rings (SSSR count). The Hall–Kier alpha value is -17.1. The zero-order valence-corrected chi connectivity index (χ0v) is 78.2. The number of hydrogen-bond acceptors (Lipinski definition) is 4. The molecular weight excluding hydrogens is 1650 g/mol. The number of benzene rings is 20. The van der Waals surface area contributed by atoms with Crippen LogP contribution in [0.15, 0.2) is 463 Å². The molecule has 0 atom stereocenters. The summed E-state index contributed by atoms with van der Waals surface area (Å²) in [7, 11) is 0. The molecule has 656 valence electrons. The second kappa shape index (κ2) is 38.0. The molecule has 2 heterocycles. The molecule has 2 aromatic heterocycles. The van der Waals surface area contributed by atoms with Gasteiger partial charge in [0.15, 0.2) is 0 Å². The van der Waals surface area contributed by atoms with E-state index in [1.54, 1.807) is 0 Å². The van der Waals surface area contributed by atoms with Gasteiger partial charge in [-0.05, 0) is 349 Å². The van der Waals surface area contributed by atoms with Crippen molar-refractivity contribution in [1.82, 2.24) is 9.13 Å². The van der Waals surface area contributed by atoms with Gasteiger partial charge in [-0.3, -0.25) is 0 Å². The maximum Gasteiger partial charge on any atom is 0.0541 e. The van der Waals surface area contributed by atoms with Gasteiger partial charge in [0.05, 0.1) is 44.8 Å². The molecule has 0 saturated carbocycles. The molecule has 0 amide bonds. The number of aryl methyl sites for hydroxylation is 8. The van der Waals surface area contributed by atoms with E-state index in [-0.39, 0.29) is 0 Å². The third kappa shape index (κ3) is 17.2. The molecule has 6 heteroatoms. The van der Waals surface area contributed by atoms with Crippen molar-refractivity contribution in [3.8, 4) is 44.8 Å². The lowest BCUT2D eigenvalue weighted by Crippen LogP contribution is -2.14. The fourth-order valence-electron chi connectivity index (χ4n) is 19.9. The van der Waals surface area contributed by atoms with Crippen LogP contribution in [0, 0.1) is 55.4 Å². The van der Waals surface area contributed by atoms with E-state index >= 15 is 0 Å². The van der Waals surface area contributed by atoms with Crippen molar-refractivity contribution in [2.75, 3.05) is 19.6 Å².